The minimum absolute atomic E-state index is 0.251. The Bertz CT molecular complexity index is 464. The zero-order chi connectivity index (χ0) is 21.0. The molecule has 0 saturated carbocycles. The van der Waals surface area contributed by atoms with Gasteiger partial charge in [0.25, 0.3) is 0 Å². The standard InChI is InChI=1S/C17H32O11/c1-3-4-7(2)26-17-15(24)13(22)11(20)9(28-17)6-25-16-14(23)12(21)10(19)8(5-18)27-16/h7-24H,3-6H2,1-2H3/t7?,8-,9-,10-,11-,12+,13+,14-,15-,16-,17-/m1/s1. The largest absolute Gasteiger partial charge is 0.394 e. The number of aliphatic hydroxyl groups excluding tert-OH is 7. The fourth-order valence-electron chi connectivity index (χ4n) is 3.26. The molecule has 0 aromatic rings. The summed E-state index contributed by atoms with van der Waals surface area (Å²) in [6, 6.07) is 0. The van der Waals surface area contributed by atoms with Gasteiger partial charge < -0.3 is 54.7 Å². The summed E-state index contributed by atoms with van der Waals surface area (Å²) in [7, 11) is 0. The van der Waals surface area contributed by atoms with Gasteiger partial charge in [0.05, 0.1) is 19.3 Å². The van der Waals surface area contributed by atoms with Crippen LogP contribution in [0.3, 0.4) is 0 Å². The second-order valence-electron chi connectivity index (χ2n) is 7.28. The molecule has 0 bridgehead atoms. The van der Waals surface area contributed by atoms with Gasteiger partial charge in [0.2, 0.25) is 0 Å². The molecule has 7 N–H and O–H groups in total. The van der Waals surface area contributed by atoms with E-state index in [0.717, 1.165) is 6.42 Å². The van der Waals surface area contributed by atoms with Gasteiger partial charge in [-0.15, -0.1) is 0 Å². The molecule has 2 saturated heterocycles. The van der Waals surface area contributed by atoms with Gasteiger partial charge in [-0.2, -0.15) is 0 Å². The van der Waals surface area contributed by atoms with E-state index in [2.05, 4.69) is 0 Å². The molecule has 2 heterocycles. The van der Waals surface area contributed by atoms with Gasteiger partial charge in [0.15, 0.2) is 12.6 Å². The van der Waals surface area contributed by atoms with E-state index in [-0.39, 0.29) is 12.7 Å². The minimum Gasteiger partial charge on any atom is -0.394 e. The Labute approximate surface area is 163 Å². The molecule has 0 aromatic carbocycles. The first-order valence-electron chi connectivity index (χ1n) is 9.48. The Morgan fingerprint density at radius 3 is 1.89 bits per heavy atom. The Kier molecular flexibility index (Phi) is 8.98. The summed E-state index contributed by atoms with van der Waals surface area (Å²) in [6.07, 6.45) is -12.8. The van der Waals surface area contributed by atoms with Crippen LogP contribution in [0, 0.1) is 0 Å². The SMILES string of the molecule is CCCC(C)O[C@@H]1O[C@H](CO[C@@H]2O[C@H](CO)[C@@H](O)[C@H](O)[C@H]2O)[C@@H](O)[C@H](O)[C@H]1O. The molecule has 28 heavy (non-hydrogen) atoms. The van der Waals surface area contributed by atoms with Crippen molar-refractivity contribution in [1.29, 1.82) is 0 Å². The maximum absolute atomic E-state index is 10.1. The van der Waals surface area contributed by atoms with E-state index in [0.29, 0.717) is 6.42 Å². The smallest absolute Gasteiger partial charge is 0.186 e. The third-order valence-electron chi connectivity index (χ3n) is 5.00. The first kappa shape index (κ1) is 23.8. The van der Waals surface area contributed by atoms with Gasteiger partial charge in [-0.3, -0.25) is 0 Å². The van der Waals surface area contributed by atoms with Crippen molar-refractivity contribution in [2.75, 3.05) is 13.2 Å². The lowest BCUT2D eigenvalue weighted by molar-refractivity contribution is -0.335. The van der Waals surface area contributed by atoms with Crippen LogP contribution in [-0.2, 0) is 18.9 Å². The molecule has 2 aliphatic heterocycles. The number of hydrogen-bond donors (Lipinski definition) is 7. The fourth-order valence-corrected chi connectivity index (χ4v) is 3.26. The first-order chi connectivity index (χ1) is 13.2. The summed E-state index contributed by atoms with van der Waals surface area (Å²) in [4.78, 5) is 0. The summed E-state index contributed by atoms with van der Waals surface area (Å²) in [5.74, 6) is 0. The predicted octanol–water partition coefficient (Wildman–Crippen LogP) is -3.18. The molecule has 0 aliphatic carbocycles. The molecule has 11 heteroatoms. The summed E-state index contributed by atoms with van der Waals surface area (Å²) in [5.41, 5.74) is 0. The summed E-state index contributed by atoms with van der Waals surface area (Å²) < 4.78 is 21.7. The molecule has 0 aromatic heterocycles. The van der Waals surface area contributed by atoms with Gasteiger partial charge >= 0.3 is 0 Å². The van der Waals surface area contributed by atoms with Crippen LogP contribution >= 0.6 is 0 Å². The molecule has 2 fully saturated rings. The van der Waals surface area contributed by atoms with Crippen LogP contribution in [0.4, 0.5) is 0 Å². The monoisotopic (exact) mass is 412 g/mol. The van der Waals surface area contributed by atoms with Crippen molar-refractivity contribution in [1.82, 2.24) is 0 Å². The lowest BCUT2D eigenvalue weighted by atomic mass is 9.98. The molecule has 1 unspecified atom stereocenters. The average molecular weight is 412 g/mol. The fraction of sp³-hybridized carbons (Fsp3) is 1.00. The van der Waals surface area contributed by atoms with Crippen molar-refractivity contribution in [3.63, 3.8) is 0 Å². The zero-order valence-corrected chi connectivity index (χ0v) is 15.9. The van der Waals surface area contributed by atoms with E-state index < -0.39 is 68.0 Å². The Morgan fingerprint density at radius 2 is 1.32 bits per heavy atom. The van der Waals surface area contributed by atoms with Gasteiger partial charge in [-0.05, 0) is 13.3 Å². The highest BCUT2D eigenvalue weighted by Crippen LogP contribution is 2.26. The van der Waals surface area contributed by atoms with Crippen molar-refractivity contribution in [3.05, 3.63) is 0 Å². The van der Waals surface area contributed by atoms with Crippen LogP contribution < -0.4 is 0 Å². The second-order valence-corrected chi connectivity index (χ2v) is 7.28. The van der Waals surface area contributed by atoms with Crippen LogP contribution in [-0.4, -0.2) is 116 Å². The topological polar surface area (TPSA) is 179 Å². The van der Waals surface area contributed by atoms with E-state index in [1.54, 1.807) is 6.92 Å². The number of aliphatic hydroxyl groups is 7. The lowest BCUT2D eigenvalue weighted by Crippen LogP contribution is -2.62. The maximum Gasteiger partial charge on any atom is 0.186 e. The van der Waals surface area contributed by atoms with Crippen LogP contribution in [0.2, 0.25) is 0 Å². The van der Waals surface area contributed by atoms with E-state index in [4.69, 9.17) is 18.9 Å². The van der Waals surface area contributed by atoms with E-state index in [1.165, 1.54) is 0 Å². The van der Waals surface area contributed by atoms with Crippen LogP contribution in [0.25, 0.3) is 0 Å². The van der Waals surface area contributed by atoms with Crippen LogP contribution in [0.5, 0.6) is 0 Å². The number of hydrogen-bond acceptors (Lipinski definition) is 11. The number of rotatable bonds is 8. The van der Waals surface area contributed by atoms with Crippen LogP contribution in [0.1, 0.15) is 26.7 Å². The molecule has 2 aliphatic rings. The Balaban J connectivity index is 1.97. The molecular formula is C17H32O11. The second kappa shape index (κ2) is 10.5. The summed E-state index contributed by atoms with van der Waals surface area (Å²) >= 11 is 0. The summed E-state index contributed by atoms with van der Waals surface area (Å²) in [5, 5.41) is 69.0. The summed E-state index contributed by atoms with van der Waals surface area (Å²) in [6.45, 7) is 2.77. The molecule has 0 spiro atoms. The Hall–Kier alpha value is -0.440. The van der Waals surface area contributed by atoms with Crippen molar-refractivity contribution in [2.24, 2.45) is 0 Å². The van der Waals surface area contributed by atoms with Crippen molar-refractivity contribution in [3.8, 4) is 0 Å². The highest BCUT2D eigenvalue weighted by molar-refractivity contribution is 4.91. The van der Waals surface area contributed by atoms with E-state index in [1.807, 2.05) is 6.92 Å². The molecule has 11 nitrogen and oxygen atoms in total. The average Bonchev–Trinajstić information content (AvgIpc) is 2.67. The predicted molar refractivity (Wildman–Crippen MR) is 91.9 cm³/mol. The van der Waals surface area contributed by atoms with Gasteiger partial charge in [0.1, 0.15) is 48.8 Å². The highest BCUT2D eigenvalue weighted by Gasteiger charge is 2.47. The first-order valence-corrected chi connectivity index (χ1v) is 9.48. The normalized spacial score (nSPS) is 45.8. The molecular weight excluding hydrogens is 380 g/mol. The zero-order valence-electron chi connectivity index (χ0n) is 15.9. The Morgan fingerprint density at radius 1 is 0.786 bits per heavy atom. The quantitative estimate of drug-likeness (QED) is 0.214. The number of ether oxygens (including phenoxy) is 4. The van der Waals surface area contributed by atoms with Crippen molar-refractivity contribution in [2.45, 2.75) is 94.2 Å². The van der Waals surface area contributed by atoms with Crippen molar-refractivity contribution < 1.29 is 54.7 Å². The van der Waals surface area contributed by atoms with Crippen molar-refractivity contribution >= 4 is 0 Å². The maximum atomic E-state index is 10.1. The molecule has 2 rings (SSSR count). The third-order valence-corrected chi connectivity index (χ3v) is 5.00. The third kappa shape index (κ3) is 5.37. The molecule has 0 amide bonds. The highest BCUT2D eigenvalue weighted by atomic mass is 16.7. The van der Waals surface area contributed by atoms with Gasteiger partial charge in [-0.25, -0.2) is 0 Å². The molecule has 11 atom stereocenters. The molecule has 166 valence electrons. The lowest BCUT2D eigenvalue weighted by Gasteiger charge is -2.43. The van der Waals surface area contributed by atoms with Gasteiger partial charge in [-0.1, -0.05) is 13.3 Å². The van der Waals surface area contributed by atoms with E-state index in [9.17, 15) is 35.7 Å². The van der Waals surface area contributed by atoms with E-state index >= 15 is 0 Å². The minimum atomic E-state index is -1.61. The van der Waals surface area contributed by atoms with Crippen LogP contribution in [0.15, 0.2) is 0 Å². The molecule has 0 radical (unpaired) electrons. The van der Waals surface area contributed by atoms with Gasteiger partial charge in [0, 0.05) is 0 Å².